The number of hydrogen-bond acceptors (Lipinski definition) is 1. The number of allylic oxidation sites excluding steroid dienone is 1. The zero-order valence-corrected chi connectivity index (χ0v) is 14.6. The fourth-order valence-corrected chi connectivity index (χ4v) is 4.38. The highest BCUT2D eigenvalue weighted by atomic mass is 32.1. The van der Waals surface area contributed by atoms with E-state index in [4.69, 9.17) is 12.2 Å². The zero-order chi connectivity index (χ0) is 14.7. The molecule has 1 aliphatic heterocycles. The first-order chi connectivity index (χ1) is 9.52. The van der Waals surface area contributed by atoms with Crippen LogP contribution in [0.2, 0.25) is 0 Å². The van der Waals surface area contributed by atoms with Gasteiger partial charge in [-0.25, -0.2) is 0 Å². The Morgan fingerprint density at radius 1 is 1.00 bits per heavy atom. The van der Waals surface area contributed by atoms with E-state index < -0.39 is 0 Å². The minimum absolute atomic E-state index is 0.519. The van der Waals surface area contributed by atoms with Crippen LogP contribution in [0.1, 0.15) is 79.1 Å². The van der Waals surface area contributed by atoms with Gasteiger partial charge in [0.2, 0.25) is 0 Å². The van der Waals surface area contributed by atoms with Gasteiger partial charge in [-0.2, -0.15) is 0 Å². The Morgan fingerprint density at radius 2 is 1.60 bits per heavy atom. The molecule has 0 fully saturated rings. The van der Waals surface area contributed by atoms with Crippen LogP contribution in [-0.4, -0.2) is 15.9 Å². The largest absolute Gasteiger partial charge is 0.337 e. The highest BCUT2D eigenvalue weighted by Gasteiger charge is 2.37. The summed E-state index contributed by atoms with van der Waals surface area (Å²) in [6.45, 7) is 9.24. The van der Waals surface area contributed by atoms with Crippen LogP contribution in [0.15, 0.2) is 11.3 Å². The van der Waals surface area contributed by atoms with Crippen LogP contribution in [0.5, 0.6) is 0 Å². The number of thiocarbonyl (C=S) groups is 1. The molecule has 1 atom stereocenters. The predicted octanol–water partition coefficient (Wildman–Crippen LogP) is 5.70. The SMILES string of the molecule is CC(C)CC1C(=S)N(C(C)C)C2=C1CCCCCCC2. The first kappa shape index (κ1) is 16.0. The summed E-state index contributed by atoms with van der Waals surface area (Å²) in [5.41, 5.74) is 3.32. The van der Waals surface area contributed by atoms with Crippen molar-refractivity contribution in [3.8, 4) is 0 Å². The summed E-state index contributed by atoms with van der Waals surface area (Å²) in [6, 6.07) is 0.519. The fraction of sp³-hybridized carbons (Fsp3) is 0.833. The maximum Gasteiger partial charge on any atom is 0.0896 e. The molecule has 0 saturated heterocycles. The highest BCUT2D eigenvalue weighted by molar-refractivity contribution is 7.80. The lowest BCUT2D eigenvalue weighted by Gasteiger charge is -2.28. The summed E-state index contributed by atoms with van der Waals surface area (Å²) in [7, 11) is 0. The zero-order valence-electron chi connectivity index (χ0n) is 13.7. The molecule has 2 heteroatoms. The molecule has 1 unspecified atom stereocenters. The van der Waals surface area contributed by atoms with Crippen molar-refractivity contribution in [2.24, 2.45) is 11.8 Å². The molecule has 2 rings (SSSR count). The van der Waals surface area contributed by atoms with Gasteiger partial charge in [-0.15, -0.1) is 0 Å². The first-order valence-electron chi connectivity index (χ1n) is 8.57. The Hall–Kier alpha value is -0.370. The Morgan fingerprint density at radius 3 is 2.20 bits per heavy atom. The summed E-state index contributed by atoms with van der Waals surface area (Å²) in [6.07, 6.45) is 10.7. The average molecular weight is 294 g/mol. The van der Waals surface area contributed by atoms with Crippen molar-refractivity contribution in [3.63, 3.8) is 0 Å². The van der Waals surface area contributed by atoms with Gasteiger partial charge in [0.25, 0.3) is 0 Å². The lowest BCUT2D eigenvalue weighted by Crippen LogP contribution is -2.33. The third kappa shape index (κ3) is 3.44. The monoisotopic (exact) mass is 293 g/mol. The molecule has 0 N–H and O–H groups in total. The van der Waals surface area contributed by atoms with Gasteiger partial charge in [-0.05, 0) is 57.4 Å². The fourth-order valence-electron chi connectivity index (χ4n) is 3.82. The second kappa shape index (κ2) is 7.06. The summed E-state index contributed by atoms with van der Waals surface area (Å²) in [5, 5.41) is 0. The molecule has 20 heavy (non-hydrogen) atoms. The first-order valence-corrected chi connectivity index (χ1v) is 8.98. The van der Waals surface area contributed by atoms with E-state index in [9.17, 15) is 0 Å². The molecule has 0 aromatic carbocycles. The molecule has 1 nitrogen and oxygen atoms in total. The van der Waals surface area contributed by atoms with Gasteiger partial charge in [0, 0.05) is 17.7 Å². The molecule has 0 spiro atoms. The molecule has 0 bridgehead atoms. The Kier molecular flexibility index (Phi) is 5.65. The van der Waals surface area contributed by atoms with E-state index in [1.165, 1.54) is 56.4 Å². The molecule has 0 aromatic rings. The molecule has 0 saturated carbocycles. The smallest absolute Gasteiger partial charge is 0.0896 e. The average Bonchev–Trinajstić information content (AvgIpc) is 2.67. The molecule has 0 radical (unpaired) electrons. The van der Waals surface area contributed by atoms with Crippen LogP contribution in [-0.2, 0) is 0 Å². The third-order valence-corrected chi connectivity index (χ3v) is 5.18. The molecule has 0 amide bonds. The summed E-state index contributed by atoms with van der Waals surface area (Å²) in [5.74, 6) is 1.28. The van der Waals surface area contributed by atoms with Crippen molar-refractivity contribution >= 4 is 17.2 Å². The molecule has 1 aliphatic carbocycles. The van der Waals surface area contributed by atoms with Crippen LogP contribution < -0.4 is 0 Å². The van der Waals surface area contributed by atoms with Crippen LogP contribution in [0.25, 0.3) is 0 Å². The van der Waals surface area contributed by atoms with E-state index >= 15 is 0 Å². The molecular weight excluding hydrogens is 262 g/mol. The second-order valence-electron chi connectivity index (χ2n) is 7.22. The van der Waals surface area contributed by atoms with Crippen molar-refractivity contribution in [2.75, 3.05) is 0 Å². The van der Waals surface area contributed by atoms with E-state index in [-0.39, 0.29) is 0 Å². The molecule has 1 heterocycles. The number of nitrogens with zero attached hydrogens (tertiary/aromatic N) is 1. The molecular formula is C18H31NS. The van der Waals surface area contributed by atoms with Gasteiger partial charge in [0.1, 0.15) is 0 Å². The van der Waals surface area contributed by atoms with E-state index in [2.05, 4.69) is 32.6 Å². The van der Waals surface area contributed by atoms with Crippen molar-refractivity contribution in [1.82, 2.24) is 4.90 Å². The van der Waals surface area contributed by atoms with E-state index in [0.717, 1.165) is 5.92 Å². The molecule has 2 aliphatic rings. The minimum Gasteiger partial charge on any atom is -0.337 e. The van der Waals surface area contributed by atoms with Crippen LogP contribution in [0, 0.1) is 11.8 Å². The van der Waals surface area contributed by atoms with Gasteiger partial charge >= 0.3 is 0 Å². The predicted molar refractivity (Wildman–Crippen MR) is 91.9 cm³/mol. The van der Waals surface area contributed by atoms with Crippen LogP contribution in [0.4, 0.5) is 0 Å². The third-order valence-electron chi connectivity index (χ3n) is 4.70. The van der Waals surface area contributed by atoms with E-state index in [1.54, 1.807) is 11.3 Å². The van der Waals surface area contributed by atoms with Crippen molar-refractivity contribution in [3.05, 3.63) is 11.3 Å². The summed E-state index contributed by atoms with van der Waals surface area (Å²) in [4.78, 5) is 3.72. The topological polar surface area (TPSA) is 3.24 Å². The van der Waals surface area contributed by atoms with Crippen molar-refractivity contribution in [2.45, 2.75) is 85.1 Å². The summed E-state index contributed by atoms with van der Waals surface area (Å²) < 4.78 is 0. The van der Waals surface area contributed by atoms with Gasteiger partial charge < -0.3 is 4.90 Å². The number of rotatable bonds is 3. The lowest BCUT2D eigenvalue weighted by atomic mass is 9.88. The van der Waals surface area contributed by atoms with E-state index in [0.29, 0.717) is 12.0 Å². The summed E-state index contributed by atoms with van der Waals surface area (Å²) >= 11 is 5.88. The van der Waals surface area contributed by atoms with Crippen molar-refractivity contribution in [1.29, 1.82) is 0 Å². The van der Waals surface area contributed by atoms with Gasteiger partial charge in [0.15, 0.2) is 0 Å². The normalized spacial score (nSPS) is 25.0. The van der Waals surface area contributed by atoms with Crippen LogP contribution >= 0.6 is 12.2 Å². The minimum atomic E-state index is 0.519. The molecule has 114 valence electrons. The Labute approximate surface area is 130 Å². The standard InChI is InChI=1S/C18H31NS/c1-13(2)12-16-15-10-8-6-5-7-9-11-17(15)19(14(3)4)18(16)20/h13-14,16H,5-12H2,1-4H3. The second-order valence-corrected chi connectivity index (χ2v) is 7.64. The number of hydrogen-bond donors (Lipinski definition) is 0. The van der Waals surface area contributed by atoms with Crippen LogP contribution in [0.3, 0.4) is 0 Å². The Balaban J connectivity index is 2.30. The van der Waals surface area contributed by atoms with Crippen molar-refractivity contribution < 1.29 is 0 Å². The highest BCUT2D eigenvalue weighted by Crippen LogP contribution is 2.41. The molecule has 0 aromatic heterocycles. The Bertz CT molecular complexity index is 381. The van der Waals surface area contributed by atoms with E-state index in [1.807, 2.05) is 0 Å². The van der Waals surface area contributed by atoms with Gasteiger partial charge in [0.05, 0.1) is 4.99 Å². The maximum atomic E-state index is 5.88. The lowest BCUT2D eigenvalue weighted by molar-refractivity contribution is 0.411. The quantitative estimate of drug-likeness (QED) is 0.614. The van der Waals surface area contributed by atoms with Gasteiger partial charge in [-0.1, -0.05) is 45.3 Å². The van der Waals surface area contributed by atoms with Gasteiger partial charge in [-0.3, -0.25) is 0 Å². The maximum absolute atomic E-state index is 5.88.